The number of rotatable bonds is 2. The van der Waals surface area contributed by atoms with Crippen LogP contribution in [0.3, 0.4) is 0 Å². The molecule has 0 aromatic heterocycles. The highest BCUT2D eigenvalue weighted by molar-refractivity contribution is 6.02. The van der Waals surface area contributed by atoms with E-state index in [0.717, 1.165) is 4.90 Å². The minimum atomic E-state index is -0.758. The Labute approximate surface area is 87.4 Å². The molecule has 1 aromatic rings. The fourth-order valence-electron chi connectivity index (χ4n) is 1.09. The molecule has 80 valence electrons. The average molecular weight is 208 g/mol. The highest BCUT2D eigenvalue weighted by atomic mass is 16.5. The summed E-state index contributed by atoms with van der Waals surface area (Å²) in [4.78, 5) is 23.7. The SMILES string of the molecule is COC(=O)N(CN)C(=O)c1ccccc1. The van der Waals surface area contributed by atoms with Crippen LogP contribution >= 0.6 is 0 Å². The Bertz CT molecular complexity index is 351. The third-order valence-corrected chi connectivity index (χ3v) is 1.84. The van der Waals surface area contributed by atoms with Crippen molar-refractivity contribution < 1.29 is 14.3 Å². The van der Waals surface area contributed by atoms with Gasteiger partial charge in [-0.05, 0) is 12.1 Å². The first-order chi connectivity index (χ1) is 7.20. The molecule has 0 spiro atoms. The number of methoxy groups -OCH3 is 1. The highest BCUT2D eigenvalue weighted by Gasteiger charge is 2.21. The fraction of sp³-hybridized carbons (Fsp3) is 0.200. The molecular formula is C10H12N2O3. The van der Waals surface area contributed by atoms with E-state index in [0.29, 0.717) is 5.56 Å². The van der Waals surface area contributed by atoms with Gasteiger partial charge in [0.05, 0.1) is 13.8 Å². The molecule has 2 N–H and O–H groups in total. The second kappa shape index (κ2) is 5.11. The van der Waals surface area contributed by atoms with Crippen molar-refractivity contribution in [2.45, 2.75) is 0 Å². The number of hydrogen-bond acceptors (Lipinski definition) is 4. The van der Waals surface area contributed by atoms with Gasteiger partial charge in [-0.1, -0.05) is 18.2 Å². The maximum atomic E-state index is 11.7. The van der Waals surface area contributed by atoms with E-state index in [1.807, 2.05) is 0 Å². The van der Waals surface area contributed by atoms with Crippen molar-refractivity contribution in [1.82, 2.24) is 4.90 Å². The van der Waals surface area contributed by atoms with Gasteiger partial charge in [0.2, 0.25) is 0 Å². The number of carbonyl (C=O) groups excluding carboxylic acids is 2. The molecule has 0 aliphatic carbocycles. The first-order valence-corrected chi connectivity index (χ1v) is 4.35. The molecular weight excluding hydrogens is 196 g/mol. The zero-order valence-corrected chi connectivity index (χ0v) is 8.34. The molecule has 5 heteroatoms. The van der Waals surface area contributed by atoms with Crippen molar-refractivity contribution in [3.63, 3.8) is 0 Å². The Morgan fingerprint density at radius 3 is 2.40 bits per heavy atom. The van der Waals surface area contributed by atoms with Crippen molar-refractivity contribution in [2.75, 3.05) is 13.8 Å². The monoisotopic (exact) mass is 208 g/mol. The molecule has 15 heavy (non-hydrogen) atoms. The standard InChI is InChI=1S/C10H12N2O3/c1-15-10(14)12(7-11)9(13)8-5-3-2-4-6-8/h2-6H,7,11H2,1H3. The van der Waals surface area contributed by atoms with Gasteiger partial charge in [-0.25, -0.2) is 9.69 Å². The summed E-state index contributed by atoms with van der Waals surface area (Å²) < 4.78 is 4.43. The summed E-state index contributed by atoms with van der Waals surface area (Å²) in [6.07, 6.45) is -0.758. The molecule has 2 amide bonds. The van der Waals surface area contributed by atoms with Gasteiger partial charge in [0, 0.05) is 5.56 Å². The molecule has 0 heterocycles. The van der Waals surface area contributed by atoms with Crippen LogP contribution in [0.2, 0.25) is 0 Å². The maximum absolute atomic E-state index is 11.7. The molecule has 0 atom stereocenters. The van der Waals surface area contributed by atoms with E-state index in [4.69, 9.17) is 5.73 Å². The lowest BCUT2D eigenvalue weighted by atomic mass is 10.2. The predicted octanol–water partition coefficient (Wildman–Crippen LogP) is 0.811. The Hall–Kier alpha value is -1.88. The molecule has 0 aliphatic heterocycles. The van der Waals surface area contributed by atoms with Gasteiger partial charge in [-0.2, -0.15) is 0 Å². The summed E-state index contributed by atoms with van der Waals surface area (Å²) >= 11 is 0. The van der Waals surface area contributed by atoms with Crippen molar-refractivity contribution in [3.05, 3.63) is 35.9 Å². The van der Waals surface area contributed by atoms with Crippen LogP contribution in [-0.4, -0.2) is 30.7 Å². The van der Waals surface area contributed by atoms with Crippen molar-refractivity contribution in [2.24, 2.45) is 5.73 Å². The summed E-state index contributed by atoms with van der Waals surface area (Å²) in [6, 6.07) is 8.40. The minimum absolute atomic E-state index is 0.208. The molecule has 0 unspecified atom stereocenters. The normalized spacial score (nSPS) is 9.47. The van der Waals surface area contributed by atoms with Crippen LogP contribution in [0, 0.1) is 0 Å². The van der Waals surface area contributed by atoms with Gasteiger partial charge >= 0.3 is 6.09 Å². The predicted molar refractivity (Wildman–Crippen MR) is 54.1 cm³/mol. The number of imide groups is 1. The summed E-state index contributed by atoms with van der Waals surface area (Å²) in [5, 5.41) is 0. The molecule has 5 nitrogen and oxygen atoms in total. The minimum Gasteiger partial charge on any atom is -0.452 e. The second-order valence-corrected chi connectivity index (χ2v) is 2.75. The average Bonchev–Trinajstić information content (AvgIpc) is 2.30. The largest absolute Gasteiger partial charge is 0.452 e. The van der Waals surface area contributed by atoms with Crippen LogP contribution in [-0.2, 0) is 4.74 Å². The van der Waals surface area contributed by atoms with Crippen molar-refractivity contribution in [3.8, 4) is 0 Å². The Balaban J connectivity index is 2.87. The number of amides is 2. The zero-order chi connectivity index (χ0) is 11.3. The van der Waals surface area contributed by atoms with Crippen LogP contribution in [0.1, 0.15) is 10.4 Å². The first-order valence-electron chi connectivity index (χ1n) is 4.35. The van der Waals surface area contributed by atoms with E-state index in [1.54, 1.807) is 30.3 Å². The maximum Gasteiger partial charge on any atom is 0.417 e. The van der Waals surface area contributed by atoms with Crippen molar-refractivity contribution >= 4 is 12.0 Å². The lowest BCUT2D eigenvalue weighted by molar-refractivity contribution is 0.0712. The summed E-state index contributed by atoms with van der Waals surface area (Å²) in [5.41, 5.74) is 5.69. The first kappa shape index (κ1) is 11.2. The van der Waals surface area contributed by atoms with E-state index in [1.165, 1.54) is 7.11 Å². The number of carbonyl (C=O) groups is 2. The zero-order valence-electron chi connectivity index (χ0n) is 8.34. The van der Waals surface area contributed by atoms with Crippen LogP contribution in [0.4, 0.5) is 4.79 Å². The number of nitrogens with two attached hydrogens (primary N) is 1. The number of ether oxygens (including phenoxy) is 1. The van der Waals surface area contributed by atoms with Gasteiger partial charge in [0.1, 0.15) is 0 Å². The van der Waals surface area contributed by atoms with Gasteiger partial charge < -0.3 is 10.5 Å². The third-order valence-electron chi connectivity index (χ3n) is 1.84. The lowest BCUT2D eigenvalue weighted by Crippen LogP contribution is -2.40. The van der Waals surface area contributed by atoms with E-state index in [2.05, 4.69) is 4.74 Å². The van der Waals surface area contributed by atoms with E-state index >= 15 is 0 Å². The van der Waals surface area contributed by atoms with Gasteiger partial charge in [0.15, 0.2) is 0 Å². The topological polar surface area (TPSA) is 72.6 Å². The van der Waals surface area contributed by atoms with Gasteiger partial charge in [-0.15, -0.1) is 0 Å². The number of nitrogens with zero attached hydrogens (tertiary/aromatic N) is 1. The molecule has 0 saturated carbocycles. The Kier molecular flexibility index (Phi) is 3.82. The van der Waals surface area contributed by atoms with Crippen LogP contribution in [0.25, 0.3) is 0 Å². The summed E-state index contributed by atoms with van der Waals surface area (Å²) in [5.74, 6) is -0.468. The second-order valence-electron chi connectivity index (χ2n) is 2.75. The van der Waals surface area contributed by atoms with Gasteiger partial charge in [0.25, 0.3) is 5.91 Å². The Morgan fingerprint density at radius 2 is 1.93 bits per heavy atom. The molecule has 0 bridgehead atoms. The van der Waals surface area contributed by atoms with Crippen LogP contribution < -0.4 is 5.73 Å². The highest BCUT2D eigenvalue weighted by Crippen LogP contribution is 2.04. The molecule has 0 radical (unpaired) electrons. The lowest BCUT2D eigenvalue weighted by Gasteiger charge is -2.16. The molecule has 0 aliphatic rings. The van der Waals surface area contributed by atoms with E-state index in [-0.39, 0.29) is 6.67 Å². The number of hydrogen-bond donors (Lipinski definition) is 1. The summed E-state index contributed by atoms with van der Waals surface area (Å²) in [7, 11) is 1.20. The van der Waals surface area contributed by atoms with E-state index < -0.39 is 12.0 Å². The molecule has 1 aromatic carbocycles. The number of benzene rings is 1. The van der Waals surface area contributed by atoms with Gasteiger partial charge in [-0.3, -0.25) is 4.79 Å². The third kappa shape index (κ3) is 2.54. The molecule has 0 fully saturated rings. The van der Waals surface area contributed by atoms with Crippen molar-refractivity contribution in [1.29, 1.82) is 0 Å². The van der Waals surface area contributed by atoms with E-state index in [9.17, 15) is 9.59 Å². The Morgan fingerprint density at radius 1 is 1.33 bits per heavy atom. The quantitative estimate of drug-likeness (QED) is 0.730. The van der Waals surface area contributed by atoms with Crippen LogP contribution in [0.5, 0.6) is 0 Å². The smallest absolute Gasteiger partial charge is 0.417 e. The summed E-state index contributed by atoms with van der Waals surface area (Å²) in [6.45, 7) is -0.208. The van der Waals surface area contributed by atoms with Crippen LogP contribution in [0.15, 0.2) is 30.3 Å². The molecule has 1 rings (SSSR count). The molecule has 0 saturated heterocycles. The fourth-order valence-corrected chi connectivity index (χ4v) is 1.09.